The van der Waals surface area contributed by atoms with Crippen molar-refractivity contribution in [1.29, 1.82) is 5.26 Å². The van der Waals surface area contributed by atoms with E-state index in [2.05, 4.69) is 32.6 Å². The monoisotopic (exact) mass is 357 g/mol. The molecule has 1 aromatic carbocycles. The number of nitrogens with zero attached hydrogens (tertiary/aromatic N) is 3. The van der Waals surface area contributed by atoms with Crippen LogP contribution in [0.15, 0.2) is 30.0 Å². The maximum atomic E-state index is 12.7. The topological polar surface area (TPSA) is 94.5 Å². The number of nitrogens with one attached hydrogen (secondary N) is 2. The summed E-state index contributed by atoms with van der Waals surface area (Å²) in [5, 5.41) is 20.4. The molecule has 3 aromatic rings. The number of benzene rings is 1. The maximum absolute atomic E-state index is 12.7. The first-order chi connectivity index (χ1) is 13.1. The molecular formula is C21H19N5O. The molecule has 0 saturated heterocycles. The minimum Gasteiger partial charge on any atom is -0.321 e. The summed E-state index contributed by atoms with van der Waals surface area (Å²) in [6.07, 6.45) is 7.12. The third kappa shape index (κ3) is 3.08. The van der Waals surface area contributed by atoms with Crippen molar-refractivity contribution < 1.29 is 4.79 Å². The van der Waals surface area contributed by atoms with Crippen LogP contribution >= 0.6 is 0 Å². The molecule has 2 heterocycles. The summed E-state index contributed by atoms with van der Waals surface area (Å²) < 4.78 is 0. The van der Waals surface area contributed by atoms with Crippen LogP contribution in [0.2, 0.25) is 0 Å². The third-order valence-electron chi connectivity index (χ3n) is 5.17. The van der Waals surface area contributed by atoms with Gasteiger partial charge >= 0.3 is 0 Å². The van der Waals surface area contributed by atoms with Crippen molar-refractivity contribution in [2.75, 3.05) is 5.32 Å². The van der Waals surface area contributed by atoms with Gasteiger partial charge in [-0.15, -0.1) is 0 Å². The lowest BCUT2D eigenvalue weighted by Gasteiger charge is -2.15. The Kier molecular flexibility index (Phi) is 4.21. The second kappa shape index (κ2) is 6.69. The van der Waals surface area contributed by atoms with E-state index in [0.29, 0.717) is 22.5 Å². The zero-order chi connectivity index (χ0) is 19.0. The van der Waals surface area contributed by atoms with Gasteiger partial charge in [0.05, 0.1) is 16.8 Å². The number of rotatable bonds is 3. The molecule has 27 heavy (non-hydrogen) atoms. The molecule has 0 spiro atoms. The number of anilines is 1. The molecular weight excluding hydrogens is 338 g/mol. The van der Waals surface area contributed by atoms with E-state index >= 15 is 0 Å². The standard InChI is InChI=1S/C21H19N5O/c1-12-13(2)20(23-11-15(12)10-22)21(27)24-16-6-7-18-17(9-16)19(26-25-18)8-14-4-3-5-14/h6-9,11H,3-5H2,1-2H3,(H,24,27)(H,25,26). The van der Waals surface area contributed by atoms with E-state index in [0.717, 1.165) is 35.0 Å². The van der Waals surface area contributed by atoms with E-state index in [9.17, 15) is 4.79 Å². The quantitative estimate of drug-likeness (QED) is 0.732. The van der Waals surface area contributed by atoms with Gasteiger partial charge in [0.2, 0.25) is 0 Å². The van der Waals surface area contributed by atoms with Crippen LogP contribution in [0.4, 0.5) is 5.69 Å². The van der Waals surface area contributed by atoms with Crippen LogP contribution in [0.25, 0.3) is 17.0 Å². The van der Waals surface area contributed by atoms with Gasteiger partial charge in [-0.2, -0.15) is 10.4 Å². The minimum absolute atomic E-state index is 0.290. The predicted octanol–water partition coefficient (Wildman–Crippen LogP) is 4.27. The zero-order valence-electron chi connectivity index (χ0n) is 15.3. The van der Waals surface area contributed by atoms with E-state index < -0.39 is 0 Å². The Morgan fingerprint density at radius 3 is 2.81 bits per heavy atom. The number of fused-ring (bicyclic) bond motifs is 1. The summed E-state index contributed by atoms with van der Waals surface area (Å²) in [5.41, 5.74) is 6.24. The van der Waals surface area contributed by atoms with Crippen molar-refractivity contribution in [3.05, 3.63) is 58.0 Å². The van der Waals surface area contributed by atoms with Crippen molar-refractivity contribution in [2.24, 2.45) is 0 Å². The molecule has 6 heteroatoms. The Balaban J connectivity index is 1.63. The summed E-state index contributed by atoms with van der Waals surface area (Å²) in [6.45, 7) is 3.63. The average Bonchev–Trinajstić information content (AvgIpc) is 3.02. The summed E-state index contributed by atoms with van der Waals surface area (Å²) in [5.74, 6) is -0.290. The second-order valence-electron chi connectivity index (χ2n) is 6.86. The molecule has 1 fully saturated rings. The maximum Gasteiger partial charge on any atom is 0.274 e. The molecule has 1 aliphatic rings. The lowest BCUT2D eigenvalue weighted by molar-refractivity contribution is 0.102. The molecule has 2 N–H and O–H groups in total. The lowest BCUT2D eigenvalue weighted by atomic mass is 9.91. The van der Waals surface area contributed by atoms with Gasteiger partial charge in [0.15, 0.2) is 0 Å². The van der Waals surface area contributed by atoms with Crippen LogP contribution in [0.3, 0.4) is 0 Å². The third-order valence-corrected chi connectivity index (χ3v) is 5.17. The molecule has 0 aliphatic heterocycles. The first kappa shape index (κ1) is 17.0. The second-order valence-corrected chi connectivity index (χ2v) is 6.86. The highest BCUT2D eigenvalue weighted by Crippen LogP contribution is 2.30. The zero-order valence-corrected chi connectivity index (χ0v) is 15.3. The van der Waals surface area contributed by atoms with E-state index in [4.69, 9.17) is 5.26 Å². The highest BCUT2D eigenvalue weighted by molar-refractivity contribution is 6.05. The van der Waals surface area contributed by atoms with Crippen LogP contribution in [-0.2, 0) is 0 Å². The number of H-pyrrole nitrogens is 1. The molecule has 4 rings (SSSR count). The van der Waals surface area contributed by atoms with Crippen molar-refractivity contribution in [1.82, 2.24) is 15.2 Å². The van der Waals surface area contributed by atoms with Crippen LogP contribution in [0.5, 0.6) is 0 Å². The molecule has 0 bridgehead atoms. The van der Waals surface area contributed by atoms with E-state index in [1.54, 1.807) is 6.92 Å². The van der Waals surface area contributed by atoms with E-state index in [1.165, 1.54) is 18.2 Å². The smallest absolute Gasteiger partial charge is 0.274 e. The minimum atomic E-state index is -0.290. The summed E-state index contributed by atoms with van der Waals surface area (Å²) in [4.78, 5) is 16.9. The highest BCUT2D eigenvalue weighted by atomic mass is 16.1. The predicted molar refractivity (Wildman–Crippen MR) is 104 cm³/mol. The van der Waals surface area contributed by atoms with Crippen molar-refractivity contribution in [3.8, 4) is 6.07 Å². The van der Waals surface area contributed by atoms with Gasteiger partial charge in [0.1, 0.15) is 11.8 Å². The van der Waals surface area contributed by atoms with Crippen molar-refractivity contribution in [2.45, 2.75) is 33.1 Å². The molecule has 0 atom stereocenters. The molecule has 1 saturated carbocycles. The fourth-order valence-corrected chi connectivity index (χ4v) is 3.18. The first-order valence-corrected chi connectivity index (χ1v) is 8.92. The summed E-state index contributed by atoms with van der Waals surface area (Å²) >= 11 is 0. The fourth-order valence-electron chi connectivity index (χ4n) is 3.18. The van der Waals surface area contributed by atoms with Gasteiger partial charge in [-0.3, -0.25) is 9.89 Å². The number of carbonyl (C=O) groups excluding carboxylic acids is 1. The van der Waals surface area contributed by atoms with Crippen molar-refractivity contribution in [3.63, 3.8) is 0 Å². The van der Waals surface area contributed by atoms with Crippen LogP contribution < -0.4 is 5.32 Å². The molecule has 1 aliphatic carbocycles. The molecule has 6 nitrogen and oxygen atoms in total. The number of aromatic nitrogens is 3. The number of nitriles is 1. The van der Waals surface area contributed by atoms with Gasteiger partial charge in [-0.25, -0.2) is 4.98 Å². The highest BCUT2D eigenvalue weighted by Gasteiger charge is 2.16. The number of carbonyl (C=O) groups is 1. The number of aromatic amines is 1. The number of hydrogen-bond donors (Lipinski definition) is 2. The van der Waals surface area contributed by atoms with Gasteiger partial charge in [0.25, 0.3) is 5.91 Å². The Labute approximate surface area is 156 Å². The summed E-state index contributed by atoms with van der Waals surface area (Å²) in [7, 11) is 0. The largest absolute Gasteiger partial charge is 0.321 e. The number of amides is 1. The molecule has 1 amide bonds. The van der Waals surface area contributed by atoms with Gasteiger partial charge in [-0.1, -0.05) is 5.57 Å². The first-order valence-electron chi connectivity index (χ1n) is 8.92. The average molecular weight is 357 g/mol. The molecule has 0 unspecified atom stereocenters. The Bertz CT molecular complexity index is 1130. The van der Waals surface area contributed by atoms with Gasteiger partial charge < -0.3 is 5.32 Å². The molecule has 2 aromatic heterocycles. The number of allylic oxidation sites excluding steroid dienone is 1. The normalized spacial score (nSPS) is 13.1. The Hall–Kier alpha value is -3.46. The van der Waals surface area contributed by atoms with Crippen LogP contribution in [0.1, 0.15) is 52.1 Å². The van der Waals surface area contributed by atoms with E-state index in [-0.39, 0.29) is 5.91 Å². The number of pyridine rings is 1. The lowest BCUT2D eigenvalue weighted by Crippen LogP contribution is -2.16. The van der Waals surface area contributed by atoms with Crippen LogP contribution in [-0.4, -0.2) is 21.1 Å². The number of hydrogen-bond acceptors (Lipinski definition) is 4. The fraction of sp³-hybridized carbons (Fsp3) is 0.238. The van der Waals surface area contributed by atoms with Crippen molar-refractivity contribution >= 4 is 28.6 Å². The molecule has 0 radical (unpaired) electrons. The van der Waals surface area contributed by atoms with Crippen LogP contribution in [0, 0.1) is 25.2 Å². The van der Waals surface area contributed by atoms with Gasteiger partial charge in [0, 0.05) is 17.3 Å². The van der Waals surface area contributed by atoms with Gasteiger partial charge in [-0.05, 0) is 68.5 Å². The van der Waals surface area contributed by atoms with E-state index in [1.807, 2.05) is 25.1 Å². The summed E-state index contributed by atoms with van der Waals surface area (Å²) in [6, 6.07) is 7.72. The SMILES string of the molecule is Cc1c(C#N)cnc(C(=O)Nc2ccc3n[nH]c(C=C4CCC4)c3c2)c1C. The molecule has 134 valence electrons. The Morgan fingerprint density at radius 2 is 2.11 bits per heavy atom. The Morgan fingerprint density at radius 1 is 1.30 bits per heavy atom.